The number of carbonyl (C=O) groups excluding carboxylic acids is 1. The SMILES string of the molecule is CC(C)(C)c1ccc(-c2cc(=O)c3cc(NC(=O)c4ccc(Cl)cc4)ccc3o2)cc1. The van der Waals surface area contributed by atoms with Crippen LogP contribution in [0.4, 0.5) is 5.69 Å². The molecule has 5 heteroatoms. The highest BCUT2D eigenvalue weighted by Gasteiger charge is 2.14. The van der Waals surface area contributed by atoms with E-state index in [1.165, 1.54) is 11.6 Å². The molecule has 1 N–H and O–H groups in total. The Kier molecular flexibility index (Phi) is 5.42. The first kappa shape index (κ1) is 20.9. The minimum atomic E-state index is -0.282. The zero-order valence-corrected chi connectivity index (χ0v) is 18.3. The van der Waals surface area contributed by atoms with Crippen molar-refractivity contribution in [1.29, 1.82) is 0 Å². The number of rotatable bonds is 3. The Balaban J connectivity index is 1.63. The maximum atomic E-state index is 12.8. The molecule has 3 aromatic carbocycles. The molecule has 156 valence electrons. The molecule has 0 aliphatic carbocycles. The summed E-state index contributed by atoms with van der Waals surface area (Å²) in [6.07, 6.45) is 0. The van der Waals surface area contributed by atoms with E-state index in [0.717, 1.165) is 5.56 Å². The van der Waals surface area contributed by atoms with Crippen molar-refractivity contribution in [3.8, 4) is 11.3 Å². The van der Waals surface area contributed by atoms with Crippen molar-refractivity contribution >= 4 is 34.2 Å². The summed E-state index contributed by atoms with van der Waals surface area (Å²) in [6.45, 7) is 6.46. The van der Waals surface area contributed by atoms with Crippen molar-refractivity contribution in [2.75, 3.05) is 5.32 Å². The van der Waals surface area contributed by atoms with Crippen LogP contribution in [0.25, 0.3) is 22.3 Å². The minimum absolute atomic E-state index is 0.0512. The quantitative estimate of drug-likeness (QED) is 0.394. The average molecular weight is 432 g/mol. The maximum Gasteiger partial charge on any atom is 0.255 e. The molecule has 0 radical (unpaired) electrons. The molecule has 4 aromatic rings. The van der Waals surface area contributed by atoms with Gasteiger partial charge in [0.1, 0.15) is 11.3 Å². The van der Waals surface area contributed by atoms with Crippen molar-refractivity contribution in [2.24, 2.45) is 0 Å². The number of hydrogen-bond acceptors (Lipinski definition) is 3. The second-order valence-electron chi connectivity index (χ2n) is 8.47. The molecule has 1 amide bonds. The van der Waals surface area contributed by atoms with Crippen molar-refractivity contribution in [3.63, 3.8) is 0 Å². The Bertz CT molecular complexity index is 1310. The summed E-state index contributed by atoms with van der Waals surface area (Å²) in [5.74, 6) is 0.229. The van der Waals surface area contributed by atoms with Crippen LogP contribution in [0.1, 0.15) is 36.7 Å². The van der Waals surface area contributed by atoms with Gasteiger partial charge in [0.05, 0.1) is 5.39 Å². The number of carbonyl (C=O) groups is 1. The maximum absolute atomic E-state index is 12.8. The normalized spacial score (nSPS) is 11.5. The fourth-order valence-corrected chi connectivity index (χ4v) is 3.44. The van der Waals surface area contributed by atoms with Gasteiger partial charge in [-0.15, -0.1) is 0 Å². The lowest BCUT2D eigenvalue weighted by atomic mass is 9.86. The van der Waals surface area contributed by atoms with Crippen LogP contribution in [0.15, 0.2) is 82.0 Å². The van der Waals surface area contributed by atoms with E-state index >= 15 is 0 Å². The van der Waals surface area contributed by atoms with Gasteiger partial charge in [0.25, 0.3) is 5.91 Å². The number of fused-ring (bicyclic) bond motifs is 1. The van der Waals surface area contributed by atoms with E-state index in [9.17, 15) is 9.59 Å². The van der Waals surface area contributed by atoms with Crippen LogP contribution >= 0.6 is 11.6 Å². The first-order chi connectivity index (χ1) is 14.7. The van der Waals surface area contributed by atoms with Crippen LogP contribution in [0, 0.1) is 0 Å². The van der Waals surface area contributed by atoms with Crippen LogP contribution in [0.3, 0.4) is 0 Å². The molecule has 4 nitrogen and oxygen atoms in total. The molecule has 0 spiro atoms. The van der Waals surface area contributed by atoms with Crippen LogP contribution in [-0.4, -0.2) is 5.91 Å². The third-order valence-corrected chi connectivity index (χ3v) is 5.38. The topological polar surface area (TPSA) is 59.3 Å². The summed E-state index contributed by atoms with van der Waals surface area (Å²) >= 11 is 5.87. The van der Waals surface area contributed by atoms with Gasteiger partial charge in [0.2, 0.25) is 0 Å². The third-order valence-electron chi connectivity index (χ3n) is 5.13. The molecule has 4 rings (SSSR count). The molecule has 0 aliphatic rings. The van der Waals surface area contributed by atoms with E-state index in [1.807, 2.05) is 12.1 Å². The van der Waals surface area contributed by atoms with Crippen molar-refractivity contribution in [3.05, 3.63) is 99.2 Å². The van der Waals surface area contributed by atoms with E-state index in [4.69, 9.17) is 16.0 Å². The molecule has 0 saturated heterocycles. The van der Waals surface area contributed by atoms with Gasteiger partial charge < -0.3 is 9.73 Å². The molecular formula is C26H22ClNO3. The Morgan fingerprint density at radius 1 is 0.903 bits per heavy atom. The van der Waals surface area contributed by atoms with Crippen LogP contribution in [0.5, 0.6) is 0 Å². The molecule has 0 saturated carbocycles. The molecule has 0 unspecified atom stereocenters. The molecular weight excluding hydrogens is 410 g/mol. The van der Waals surface area contributed by atoms with E-state index in [0.29, 0.717) is 33.0 Å². The number of hydrogen-bond donors (Lipinski definition) is 1. The molecule has 0 bridgehead atoms. The lowest BCUT2D eigenvalue weighted by molar-refractivity contribution is 0.102. The summed E-state index contributed by atoms with van der Waals surface area (Å²) in [5.41, 5.74) is 3.39. The predicted molar refractivity (Wildman–Crippen MR) is 126 cm³/mol. The first-order valence-electron chi connectivity index (χ1n) is 9.96. The Morgan fingerprint density at radius 2 is 1.58 bits per heavy atom. The third kappa shape index (κ3) is 4.54. The molecule has 0 aliphatic heterocycles. The van der Waals surface area contributed by atoms with E-state index in [1.54, 1.807) is 42.5 Å². The highest BCUT2D eigenvalue weighted by Crippen LogP contribution is 2.28. The van der Waals surface area contributed by atoms with Gasteiger partial charge in [-0.1, -0.05) is 56.6 Å². The number of nitrogens with one attached hydrogen (secondary N) is 1. The highest BCUT2D eigenvalue weighted by molar-refractivity contribution is 6.30. The number of amides is 1. The average Bonchev–Trinajstić information content (AvgIpc) is 2.74. The monoisotopic (exact) mass is 431 g/mol. The van der Waals surface area contributed by atoms with Gasteiger partial charge in [-0.05, 0) is 53.4 Å². The summed E-state index contributed by atoms with van der Waals surface area (Å²) in [5, 5.41) is 3.77. The van der Waals surface area contributed by atoms with Gasteiger partial charge >= 0.3 is 0 Å². The zero-order valence-electron chi connectivity index (χ0n) is 17.5. The lowest BCUT2D eigenvalue weighted by Gasteiger charge is -2.19. The van der Waals surface area contributed by atoms with Crippen molar-refractivity contribution in [2.45, 2.75) is 26.2 Å². The largest absolute Gasteiger partial charge is 0.456 e. The van der Waals surface area contributed by atoms with E-state index < -0.39 is 0 Å². The molecule has 0 atom stereocenters. The predicted octanol–water partition coefficient (Wildman–Crippen LogP) is 6.66. The van der Waals surface area contributed by atoms with Gasteiger partial charge in [0, 0.05) is 27.9 Å². The van der Waals surface area contributed by atoms with Gasteiger partial charge in [-0.3, -0.25) is 9.59 Å². The second kappa shape index (κ2) is 8.05. The van der Waals surface area contributed by atoms with Crippen molar-refractivity contribution < 1.29 is 9.21 Å². The fraction of sp³-hybridized carbons (Fsp3) is 0.154. The minimum Gasteiger partial charge on any atom is -0.456 e. The smallest absolute Gasteiger partial charge is 0.255 e. The van der Waals surface area contributed by atoms with Crippen LogP contribution < -0.4 is 10.7 Å². The van der Waals surface area contributed by atoms with Crippen LogP contribution in [0.2, 0.25) is 5.02 Å². The summed E-state index contributed by atoms with van der Waals surface area (Å²) in [4.78, 5) is 25.2. The number of halogens is 1. The summed E-state index contributed by atoms with van der Waals surface area (Å²) in [7, 11) is 0. The van der Waals surface area contributed by atoms with Crippen molar-refractivity contribution in [1.82, 2.24) is 0 Å². The Morgan fingerprint density at radius 3 is 2.23 bits per heavy atom. The van der Waals surface area contributed by atoms with Gasteiger partial charge in [-0.2, -0.15) is 0 Å². The molecule has 1 heterocycles. The van der Waals surface area contributed by atoms with Crippen LogP contribution in [-0.2, 0) is 5.41 Å². The lowest BCUT2D eigenvalue weighted by Crippen LogP contribution is -2.12. The second-order valence-corrected chi connectivity index (χ2v) is 8.91. The number of anilines is 1. The van der Waals surface area contributed by atoms with Gasteiger partial charge in [-0.25, -0.2) is 0 Å². The van der Waals surface area contributed by atoms with E-state index in [-0.39, 0.29) is 16.8 Å². The Hall–Kier alpha value is -3.37. The summed E-state index contributed by atoms with van der Waals surface area (Å²) < 4.78 is 5.98. The first-order valence-corrected chi connectivity index (χ1v) is 10.3. The molecule has 31 heavy (non-hydrogen) atoms. The summed E-state index contributed by atoms with van der Waals surface area (Å²) in [6, 6.07) is 21.1. The highest BCUT2D eigenvalue weighted by atomic mass is 35.5. The fourth-order valence-electron chi connectivity index (χ4n) is 3.32. The standard InChI is InChI=1S/C26H22ClNO3/c1-26(2,3)18-8-4-16(5-9-18)24-15-22(29)21-14-20(12-13-23(21)31-24)28-25(30)17-6-10-19(27)11-7-17/h4-15H,1-3H3,(H,28,30). The van der Waals surface area contributed by atoms with Gasteiger partial charge in [0.15, 0.2) is 5.43 Å². The Labute approximate surface area is 185 Å². The molecule has 0 fully saturated rings. The number of benzene rings is 3. The zero-order chi connectivity index (χ0) is 22.2. The van der Waals surface area contributed by atoms with E-state index in [2.05, 4.69) is 38.2 Å². The molecule has 1 aromatic heterocycles.